The van der Waals surface area contributed by atoms with Gasteiger partial charge in [0.1, 0.15) is 5.75 Å². The fraction of sp³-hybridized carbons (Fsp3) is 0.500. The minimum Gasteiger partial charge on any atom is -0.496 e. The van der Waals surface area contributed by atoms with Gasteiger partial charge in [-0.05, 0) is 24.1 Å². The number of nitrogens with two attached hydrogens (primary N) is 1. The Bertz CT molecular complexity index is 355. The van der Waals surface area contributed by atoms with Crippen LogP contribution < -0.4 is 10.5 Å². The van der Waals surface area contributed by atoms with Crippen molar-refractivity contribution in [3.63, 3.8) is 0 Å². The van der Waals surface area contributed by atoms with E-state index in [0.717, 1.165) is 5.56 Å². The summed E-state index contributed by atoms with van der Waals surface area (Å²) in [5.41, 5.74) is 6.73. The number of methoxy groups -OCH3 is 1. The molecule has 0 aliphatic heterocycles. The highest BCUT2D eigenvalue weighted by Gasteiger charge is 2.23. The van der Waals surface area contributed by atoms with E-state index in [1.54, 1.807) is 25.3 Å². The summed E-state index contributed by atoms with van der Waals surface area (Å²) < 4.78 is 5.20. The van der Waals surface area contributed by atoms with Gasteiger partial charge in [0.25, 0.3) is 0 Å². The molecule has 3 nitrogen and oxygen atoms in total. The highest BCUT2D eigenvalue weighted by Crippen LogP contribution is 2.30. The summed E-state index contributed by atoms with van der Waals surface area (Å²) in [6, 6.07) is 4.73. The summed E-state index contributed by atoms with van der Waals surface area (Å²) in [6.45, 7) is 3.84. The van der Waals surface area contributed by atoms with Gasteiger partial charge in [0.05, 0.1) is 19.3 Å². The highest BCUT2D eigenvalue weighted by molar-refractivity contribution is 6.30. The SMILES string of the molecule is COc1ccc(Cl)cc1[C@H](N)[C@H](O)C(C)C. The second-order valence-corrected chi connectivity index (χ2v) is 4.58. The number of ether oxygens (including phenoxy) is 1. The van der Waals surface area contributed by atoms with Crippen LogP contribution in [0, 0.1) is 5.92 Å². The van der Waals surface area contributed by atoms with Crippen molar-refractivity contribution in [2.75, 3.05) is 7.11 Å². The molecule has 0 bridgehead atoms. The van der Waals surface area contributed by atoms with E-state index in [1.165, 1.54) is 0 Å². The van der Waals surface area contributed by atoms with Crippen molar-refractivity contribution in [1.29, 1.82) is 0 Å². The number of aliphatic hydroxyl groups excluding tert-OH is 1. The van der Waals surface area contributed by atoms with Gasteiger partial charge in [0.15, 0.2) is 0 Å². The molecule has 4 heteroatoms. The maximum absolute atomic E-state index is 9.94. The monoisotopic (exact) mass is 243 g/mol. The minimum absolute atomic E-state index is 0.0821. The van der Waals surface area contributed by atoms with Crippen molar-refractivity contribution in [3.8, 4) is 5.75 Å². The molecule has 0 saturated carbocycles. The van der Waals surface area contributed by atoms with Crippen LogP contribution in [0.15, 0.2) is 18.2 Å². The van der Waals surface area contributed by atoms with E-state index in [-0.39, 0.29) is 5.92 Å². The average Bonchev–Trinajstić information content (AvgIpc) is 2.26. The van der Waals surface area contributed by atoms with Crippen LogP contribution in [0.5, 0.6) is 5.75 Å². The largest absolute Gasteiger partial charge is 0.496 e. The van der Waals surface area contributed by atoms with Crippen LogP contribution in [-0.2, 0) is 0 Å². The molecule has 0 saturated heterocycles. The Morgan fingerprint density at radius 2 is 2.00 bits per heavy atom. The third kappa shape index (κ3) is 2.88. The molecule has 90 valence electrons. The van der Waals surface area contributed by atoms with Crippen molar-refractivity contribution in [1.82, 2.24) is 0 Å². The first kappa shape index (κ1) is 13.3. The maximum atomic E-state index is 9.94. The van der Waals surface area contributed by atoms with E-state index in [4.69, 9.17) is 22.1 Å². The third-order valence-electron chi connectivity index (χ3n) is 2.60. The average molecular weight is 244 g/mol. The molecule has 0 unspecified atom stereocenters. The number of halogens is 1. The van der Waals surface area contributed by atoms with E-state index < -0.39 is 12.1 Å². The van der Waals surface area contributed by atoms with Crippen molar-refractivity contribution >= 4 is 11.6 Å². The van der Waals surface area contributed by atoms with Crippen molar-refractivity contribution < 1.29 is 9.84 Å². The van der Waals surface area contributed by atoms with Gasteiger partial charge in [-0.15, -0.1) is 0 Å². The number of hydrogen-bond acceptors (Lipinski definition) is 3. The fourth-order valence-electron chi connectivity index (χ4n) is 1.56. The van der Waals surface area contributed by atoms with Crippen molar-refractivity contribution in [2.24, 2.45) is 11.7 Å². The van der Waals surface area contributed by atoms with E-state index in [9.17, 15) is 5.11 Å². The fourth-order valence-corrected chi connectivity index (χ4v) is 1.74. The number of aliphatic hydroxyl groups is 1. The molecule has 1 rings (SSSR count). The highest BCUT2D eigenvalue weighted by atomic mass is 35.5. The number of rotatable bonds is 4. The summed E-state index contributed by atoms with van der Waals surface area (Å²) in [6.07, 6.45) is -0.618. The molecule has 0 spiro atoms. The predicted octanol–water partition coefficient (Wildman–Crippen LogP) is 2.37. The zero-order chi connectivity index (χ0) is 12.3. The molecule has 0 aliphatic rings. The molecule has 0 fully saturated rings. The molecule has 2 atom stereocenters. The van der Waals surface area contributed by atoms with Crippen LogP contribution in [0.3, 0.4) is 0 Å². The lowest BCUT2D eigenvalue weighted by atomic mass is 9.94. The predicted molar refractivity (Wildman–Crippen MR) is 65.8 cm³/mol. The second kappa shape index (κ2) is 5.53. The molecule has 1 aromatic rings. The molecular formula is C12H18ClNO2. The van der Waals surface area contributed by atoms with Gasteiger partial charge in [-0.25, -0.2) is 0 Å². The molecule has 1 aromatic carbocycles. The normalized spacial score (nSPS) is 14.9. The smallest absolute Gasteiger partial charge is 0.123 e. The Hall–Kier alpha value is -0.770. The molecule has 0 amide bonds. The van der Waals surface area contributed by atoms with Crippen LogP contribution in [-0.4, -0.2) is 18.3 Å². The first-order valence-corrected chi connectivity index (χ1v) is 5.62. The van der Waals surface area contributed by atoms with Gasteiger partial charge in [-0.2, -0.15) is 0 Å². The maximum Gasteiger partial charge on any atom is 0.123 e. The topological polar surface area (TPSA) is 55.5 Å². The van der Waals surface area contributed by atoms with Crippen LogP contribution in [0.4, 0.5) is 0 Å². The zero-order valence-corrected chi connectivity index (χ0v) is 10.5. The van der Waals surface area contributed by atoms with Crippen molar-refractivity contribution in [3.05, 3.63) is 28.8 Å². The first-order valence-electron chi connectivity index (χ1n) is 5.24. The van der Waals surface area contributed by atoms with Crippen molar-refractivity contribution in [2.45, 2.75) is 26.0 Å². The van der Waals surface area contributed by atoms with E-state index in [2.05, 4.69) is 0 Å². The molecular weight excluding hydrogens is 226 g/mol. The van der Waals surface area contributed by atoms with Crippen LogP contribution in [0.1, 0.15) is 25.5 Å². The Balaban J connectivity index is 3.05. The van der Waals surface area contributed by atoms with Gasteiger partial charge >= 0.3 is 0 Å². The lowest BCUT2D eigenvalue weighted by molar-refractivity contribution is 0.0969. The molecule has 3 N–H and O–H groups in total. The summed E-state index contributed by atoms with van der Waals surface area (Å²) >= 11 is 5.91. The summed E-state index contributed by atoms with van der Waals surface area (Å²) in [4.78, 5) is 0. The standard InChI is InChI=1S/C12H18ClNO2/c1-7(2)12(15)11(14)9-6-8(13)4-5-10(9)16-3/h4-7,11-12,15H,14H2,1-3H3/t11-,12+/m0/s1. The molecule has 0 aromatic heterocycles. The molecule has 0 aliphatic carbocycles. The van der Waals surface area contributed by atoms with E-state index in [1.807, 2.05) is 13.8 Å². The lowest BCUT2D eigenvalue weighted by Crippen LogP contribution is -2.30. The lowest BCUT2D eigenvalue weighted by Gasteiger charge is -2.24. The number of hydrogen-bond donors (Lipinski definition) is 2. The zero-order valence-electron chi connectivity index (χ0n) is 9.77. The van der Waals surface area contributed by atoms with Gasteiger partial charge in [-0.3, -0.25) is 0 Å². The Kier molecular flexibility index (Phi) is 4.59. The Labute approximate surface area is 101 Å². The van der Waals surface area contributed by atoms with E-state index in [0.29, 0.717) is 10.8 Å². The van der Waals surface area contributed by atoms with E-state index >= 15 is 0 Å². The third-order valence-corrected chi connectivity index (χ3v) is 2.84. The van der Waals surface area contributed by atoms with Crippen LogP contribution in [0.2, 0.25) is 5.02 Å². The summed E-state index contributed by atoms with van der Waals surface area (Å²) in [5.74, 6) is 0.732. The van der Waals surface area contributed by atoms with Crippen LogP contribution in [0.25, 0.3) is 0 Å². The Morgan fingerprint density at radius 3 is 2.50 bits per heavy atom. The summed E-state index contributed by atoms with van der Waals surface area (Å²) in [5, 5.41) is 10.5. The first-order chi connectivity index (χ1) is 7.47. The van der Waals surface area contributed by atoms with Gasteiger partial charge < -0.3 is 15.6 Å². The summed E-state index contributed by atoms with van der Waals surface area (Å²) in [7, 11) is 1.57. The second-order valence-electron chi connectivity index (χ2n) is 4.15. The minimum atomic E-state index is -0.618. The van der Waals surface area contributed by atoms with Gasteiger partial charge in [0.2, 0.25) is 0 Å². The quantitative estimate of drug-likeness (QED) is 0.854. The molecule has 0 radical (unpaired) electrons. The Morgan fingerprint density at radius 1 is 1.38 bits per heavy atom. The van der Waals surface area contributed by atoms with Crippen LogP contribution >= 0.6 is 11.6 Å². The molecule has 16 heavy (non-hydrogen) atoms. The van der Waals surface area contributed by atoms with Gasteiger partial charge in [-0.1, -0.05) is 25.4 Å². The molecule has 0 heterocycles. The van der Waals surface area contributed by atoms with Gasteiger partial charge in [0, 0.05) is 10.6 Å². The number of benzene rings is 1.